The van der Waals surface area contributed by atoms with E-state index in [1.165, 1.54) is 6.07 Å². The molecule has 0 N–H and O–H groups in total. The zero-order valence-corrected chi connectivity index (χ0v) is 11.6. The Kier molecular flexibility index (Phi) is 5.66. The van der Waals surface area contributed by atoms with Crippen molar-refractivity contribution in [3.8, 4) is 0 Å². The highest BCUT2D eigenvalue weighted by atomic mass is 79.9. The molecular weight excluding hydrogens is 305 g/mol. The Morgan fingerprint density at radius 3 is 2.67 bits per heavy atom. The molecule has 0 spiro atoms. The molecular formula is C14H14BrF3. The highest BCUT2D eigenvalue weighted by Gasteiger charge is 2.30. The molecule has 4 heteroatoms. The van der Waals surface area contributed by atoms with E-state index in [-0.39, 0.29) is 0 Å². The van der Waals surface area contributed by atoms with Crippen LogP contribution < -0.4 is 0 Å². The van der Waals surface area contributed by atoms with Gasteiger partial charge in [-0.1, -0.05) is 53.6 Å². The lowest BCUT2D eigenvalue weighted by Crippen LogP contribution is -2.04. The van der Waals surface area contributed by atoms with Gasteiger partial charge in [-0.3, -0.25) is 0 Å². The summed E-state index contributed by atoms with van der Waals surface area (Å²) >= 11 is 3.28. The van der Waals surface area contributed by atoms with Crippen LogP contribution >= 0.6 is 15.9 Å². The minimum atomic E-state index is -4.30. The van der Waals surface area contributed by atoms with Gasteiger partial charge in [0.05, 0.1) is 5.56 Å². The summed E-state index contributed by atoms with van der Waals surface area (Å²) in [4.78, 5) is 0. The van der Waals surface area contributed by atoms with Crippen LogP contribution in [0.2, 0.25) is 0 Å². The van der Waals surface area contributed by atoms with Crippen molar-refractivity contribution in [1.29, 1.82) is 0 Å². The number of halogens is 4. The first kappa shape index (κ1) is 15.0. The van der Waals surface area contributed by atoms with Gasteiger partial charge in [0, 0.05) is 4.48 Å². The van der Waals surface area contributed by atoms with Crippen molar-refractivity contribution >= 4 is 20.4 Å². The summed E-state index contributed by atoms with van der Waals surface area (Å²) in [6.07, 6.45) is 3.28. The molecule has 1 aromatic rings. The van der Waals surface area contributed by atoms with Gasteiger partial charge in [-0.05, 0) is 30.2 Å². The molecule has 1 aromatic carbocycles. The lowest BCUT2D eigenvalue weighted by Gasteiger charge is -2.08. The van der Waals surface area contributed by atoms with E-state index in [1.807, 2.05) is 12.2 Å². The number of benzene rings is 1. The van der Waals surface area contributed by atoms with Crippen LogP contribution in [0.4, 0.5) is 13.2 Å². The number of allylic oxidation sites excluding steroid dienone is 3. The van der Waals surface area contributed by atoms with Crippen molar-refractivity contribution in [1.82, 2.24) is 0 Å². The van der Waals surface area contributed by atoms with Crippen molar-refractivity contribution in [2.75, 3.05) is 0 Å². The summed E-state index contributed by atoms with van der Waals surface area (Å²) in [5.41, 5.74) is -0.117. The predicted molar refractivity (Wildman–Crippen MR) is 72.4 cm³/mol. The zero-order chi connectivity index (χ0) is 13.6. The molecule has 0 aliphatic heterocycles. The van der Waals surface area contributed by atoms with E-state index >= 15 is 0 Å². The fourth-order valence-electron chi connectivity index (χ4n) is 1.36. The van der Waals surface area contributed by atoms with E-state index in [2.05, 4.69) is 22.9 Å². The van der Waals surface area contributed by atoms with Crippen LogP contribution in [0, 0.1) is 0 Å². The van der Waals surface area contributed by atoms with E-state index in [9.17, 15) is 13.2 Å². The monoisotopic (exact) mass is 318 g/mol. The van der Waals surface area contributed by atoms with Gasteiger partial charge in [0.25, 0.3) is 0 Å². The average Bonchev–Trinajstić information content (AvgIpc) is 2.33. The highest BCUT2D eigenvalue weighted by molar-refractivity contribution is 9.15. The maximum Gasteiger partial charge on any atom is 0.416 e. The molecule has 0 fully saturated rings. The lowest BCUT2D eigenvalue weighted by molar-refractivity contribution is -0.137. The van der Waals surface area contributed by atoms with Crippen LogP contribution in [-0.2, 0) is 6.18 Å². The molecule has 0 radical (unpaired) electrons. The molecule has 0 aliphatic rings. The molecule has 0 saturated carbocycles. The van der Waals surface area contributed by atoms with Gasteiger partial charge in [-0.2, -0.15) is 13.2 Å². The van der Waals surface area contributed by atoms with E-state index in [4.69, 9.17) is 0 Å². The normalized spacial score (nSPS) is 13.3. The Balaban J connectivity index is 2.90. The quantitative estimate of drug-likeness (QED) is 0.616. The average molecular weight is 319 g/mol. The molecule has 0 unspecified atom stereocenters. The summed E-state index contributed by atoms with van der Waals surface area (Å²) in [5.74, 6) is 0. The molecule has 1 rings (SSSR count). The van der Waals surface area contributed by atoms with Crippen molar-refractivity contribution in [2.45, 2.75) is 25.9 Å². The molecule has 0 saturated heterocycles. The molecule has 0 aromatic heterocycles. The zero-order valence-electron chi connectivity index (χ0n) is 9.97. The Hall–Kier alpha value is -1.03. The highest BCUT2D eigenvalue weighted by Crippen LogP contribution is 2.32. The summed E-state index contributed by atoms with van der Waals surface area (Å²) in [5, 5.41) is 0. The third-order valence-electron chi connectivity index (χ3n) is 2.30. The number of hydrogen-bond acceptors (Lipinski definition) is 0. The van der Waals surface area contributed by atoms with Crippen LogP contribution in [-0.4, -0.2) is 0 Å². The number of rotatable bonds is 4. The smallest absolute Gasteiger partial charge is 0.166 e. The standard InChI is InChI=1S/C14H14BrF3/c1-2-3-4-5-9-13(15)11-7-6-8-12(10-11)14(16,17)18/h4-10H,2-3H2,1H3. The van der Waals surface area contributed by atoms with Crippen LogP contribution in [0.25, 0.3) is 4.48 Å². The molecule has 18 heavy (non-hydrogen) atoms. The van der Waals surface area contributed by atoms with E-state index in [0.29, 0.717) is 10.0 Å². The molecule has 0 aliphatic carbocycles. The van der Waals surface area contributed by atoms with E-state index < -0.39 is 11.7 Å². The van der Waals surface area contributed by atoms with Crippen molar-refractivity contribution in [2.24, 2.45) is 0 Å². The first-order valence-electron chi connectivity index (χ1n) is 5.65. The van der Waals surface area contributed by atoms with Gasteiger partial charge in [-0.15, -0.1) is 0 Å². The minimum Gasteiger partial charge on any atom is -0.166 e. The largest absolute Gasteiger partial charge is 0.416 e. The van der Waals surface area contributed by atoms with Crippen LogP contribution in [0.3, 0.4) is 0 Å². The minimum absolute atomic E-state index is 0.519. The van der Waals surface area contributed by atoms with Gasteiger partial charge in [-0.25, -0.2) is 0 Å². The van der Waals surface area contributed by atoms with E-state index in [0.717, 1.165) is 25.0 Å². The lowest BCUT2D eigenvalue weighted by atomic mass is 10.1. The van der Waals surface area contributed by atoms with Crippen molar-refractivity contribution in [3.63, 3.8) is 0 Å². The second kappa shape index (κ2) is 6.78. The van der Waals surface area contributed by atoms with Gasteiger partial charge < -0.3 is 0 Å². The summed E-state index contributed by atoms with van der Waals surface area (Å²) in [6.45, 7) is 2.07. The fraction of sp³-hybridized carbons (Fsp3) is 0.286. The number of hydrogen-bond donors (Lipinski definition) is 0. The molecule has 98 valence electrons. The molecule has 0 amide bonds. The maximum absolute atomic E-state index is 12.5. The second-order valence-corrected chi connectivity index (χ2v) is 4.66. The van der Waals surface area contributed by atoms with Crippen LogP contribution in [0.5, 0.6) is 0 Å². The van der Waals surface area contributed by atoms with Gasteiger partial charge in [0.15, 0.2) is 0 Å². The van der Waals surface area contributed by atoms with Gasteiger partial charge in [0.1, 0.15) is 0 Å². The Morgan fingerprint density at radius 1 is 1.33 bits per heavy atom. The third-order valence-corrected chi connectivity index (χ3v) is 3.02. The molecule has 0 atom stereocenters. The summed E-state index contributed by atoms with van der Waals surface area (Å²) in [6, 6.07) is 5.25. The number of unbranched alkanes of at least 4 members (excludes halogenated alkanes) is 1. The Bertz CT molecular complexity index is 445. The second-order valence-electron chi connectivity index (χ2n) is 3.81. The van der Waals surface area contributed by atoms with Crippen LogP contribution in [0.1, 0.15) is 30.9 Å². The first-order chi connectivity index (χ1) is 8.45. The van der Waals surface area contributed by atoms with Gasteiger partial charge >= 0.3 is 6.18 Å². The summed E-state index contributed by atoms with van der Waals surface area (Å²) < 4.78 is 38.2. The first-order valence-corrected chi connectivity index (χ1v) is 6.44. The molecule has 0 heterocycles. The molecule has 0 bridgehead atoms. The maximum atomic E-state index is 12.5. The number of alkyl halides is 3. The Morgan fingerprint density at radius 2 is 2.06 bits per heavy atom. The summed E-state index contributed by atoms with van der Waals surface area (Å²) in [7, 11) is 0. The SMILES string of the molecule is CCCC=CC=C(Br)c1cccc(C(F)(F)F)c1. The van der Waals surface area contributed by atoms with Crippen LogP contribution in [0.15, 0.2) is 42.5 Å². The van der Waals surface area contributed by atoms with Crippen molar-refractivity contribution in [3.05, 3.63) is 53.6 Å². The van der Waals surface area contributed by atoms with Crippen molar-refractivity contribution < 1.29 is 13.2 Å². The topological polar surface area (TPSA) is 0 Å². The van der Waals surface area contributed by atoms with Gasteiger partial charge in [0.2, 0.25) is 0 Å². The Labute approximate surface area is 113 Å². The third kappa shape index (κ3) is 4.69. The molecule has 0 nitrogen and oxygen atoms in total. The van der Waals surface area contributed by atoms with E-state index in [1.54, 1.807) is 12.1 Å². The fourth-order valence-corrected chi connectivity index (χ4v) is 1.75. The predicted octanol–water partition coefficient (Wildman–Crippen LogP) is 5.80.